The van der Waals surface area contributed by atoms with Crippen LogP contribution in [-0.4, -0.2) is 0 Å². The molecule has 1 aliphatic carbocycles. The molecule has 1 aromatic carbocycles. The van der Waals surface area contributed by atoms with Gasteiger partial charge in [0.2, 0.25) is 0 Å². The summed E-state index contributed by atoms with van der Waals surface area (Å²) in [6.45, 7) is 12.9. The van der Waals surface area contributed by atoms with Crippen LogP contribution in [0.1, 0.15) is 63.6 Å². The highest BCUT2D eigenvalue weighted by Crippen LogP contribution is 2.37. The standard InChI is InChI=1S/C20H27N/c1-6-14(3)17(7-2)16(5)21-20-13-12-15(4)18-10-8-9-11-19(18)20/h6-11,15,20-21H,5,12-13H2,1-4H3/b14-6-,17-7+. The predicted octanol–water partition coefficient (Wildman–Crippen LogP) is 5.64. The molecule has 0 spiro atoms. The molecule has 112 valence electrons. The van der Waals surface area contributed by atoms with Gasteiger partial charge in [0.05, 0.1) is 6.04 Å². The van der Waals surface area contributed by atoms with Crippen LogP contribution in [0.2, 0.25) is 0 Å². The maximum atomic E-state index is 4.26. The first-order valence-corrected chi connectivity index (χ1v) is 7.92. The molecule has 0 bridgehead atoms. The number of rotatable bonds is 4. The van der Waals surface area contributed by atoms with Gasteiger partial charge in [0.25, 0.3) is 0 Å². The lowest BCUT2D eigenvalue weighted by molar-refractivity contribution is 0.464. The molecular weight excluding hydrogens is 254 g/mol. The smallest absolute Gasteiger partial charge is 0.0516 e. The highest BCUT2D eigenvalue weighted by Gasteiger charge is 2.24. The summed E-state index contributed by atoms with van der Waals surface area (Å²) < 4.78 is 0. The number of benzene rings is 1. The molecule has 21 heavy (non-hydrogen) atoms. The Morgan fingerprint density at radius 2 is 1.81 bits per heavy atom. The number of allylic oxidation sites excluding steroid dienone is 3. The quantitative estimate of drug-likeness (QED) is 0.704. The van der Waals surface area contributed by atoms with E-state index >= 15 is 0 Å². The van der Waals surface area contributed by atoms with E-state index in [1.54, 1.807) is 0 Å². The predicted molar refractivity (Wildman–Crippen MR) is 92.3 cm³/mol. The molecule has 2 unspecified atom stereocenters. The molecule has 0 saturated heterocycles. The first kappa shape index (κ1) is 15.6. The third-order valence-electron chi connectivity index (χ3n) is 4.61. The molecular formula is C20H27N. The van der Waals surface area contributed by atoms with Crippen LogP contribution in [0.3, 0.4) is 0 Å². The second-order valence-electron chi connectivity index (χ2n) is 5.96. The van der Waals surface area contributed by atoms with E-state index in [0.29, 0.717) is 12.0 Å². The van der Waals surface area contributed by atoms with Crippen molar-refractivity contribution in [2.24, 2.45) is 0 Å². The van der Waals surface area contributed by atoms with Crippen molar-refractivity contribution in [1.29, 1.82) is 0 Å². The van der Waals surface area contributed by atoms with E-state index in [1.807, 2.05) is 0 Å². The fraction of sp³-hybridized carbons (Fsp3) is 0.400. The normalized spacial score (nSPS) is 22.7. The van der Waals surface area contributed by atoms with Gasteiger partial charge in [0, 0.05) is 5.70 Å². The Labute approximate surface area is 129 Å². The van der Waals surface area contributed by atoms with Gasteiger partial charge in [0.15, 0.2) is 0 Å². The summed E-state index contributed by atoms with van der Waals surface area (Å²) >= 11 is 0. The minimum absolute atomic E-state index is 0.379. The first-order chi connectivity index (χ1) is 10.1. The van der Waals surface area contributed by atoms with Crippen molar-refractivity contribution in [1.82, 2.24) is 5.32 Å². The third-order valence-corrected chi connectivity index (χ3v) is 4.61. The van der Waals surface area contributed by atoms with Gasteiger partial charge in [-0.3, -0.25) is 0 Å². The number of nitrogens with one attached hydrogen (secondary N) is 1. The van der Waals surface area contributed by atoms with Crippen LogP contribution in [-0.2, 0) is 0 Å². The number of hydrogen-bond donors (Lipinski definition) is 1. The van der Waals surface area contributed by atoms with Crippen molar-refractivity contribution >= 4 is 0 Å². The van der Waals surface area contributed by atoms with Crippen LogP contribution in [0.5, 0.6) is 0 Å². The Hall–Kier alpha value is -1.76. The second-order valence-corrected chi connectivity index (χ2v) is 5.96. The fourth-order valence-corrected chi connectivity index (χ4v) is 3.24. The van der Waals surface area contributed by atoms with Crippen molar-refractivity contribution in [2.75, 3.05) is 0 Å². The minimum atomic E-state index is 0.379. The zero-order valence-corrected chi connectivity index (χ0v) is 13.7. The van der Waals surface area contributed by atoms with E-state index in [-0.39, 0.29) is 0 Å². The van der Waals surface area contributed by atoms with Crippen LogP contribution >= 0.6 is 0 Å². The molecule has 0 fully saturated rings. The molecule has 0 aliphatic heterocycles. The maximum Gasteiger partial charge on any atom is 0.0516 e. The monoisotopic (exact) mass is 281 g/mol. The lowest BCUT2D eigenvalue weighted by Gasteiger charge is -2.32. The Bertz CT molecular complexity index is 577. The summed E-state index contributed by atoms with van der Waals surface area (Å²) in [5.41, 5.74) is 6.44. The van der Waals surface area contributed by atoms with Gasteiger partial charge in [-0.05, 0) is 61.8 Å². The van der Waals surface area contributed by atoms with Gasteiger partial charge in [-0.25, -0.2) is 0 Å². The minimum Gasteiger partial charge on any atom is -0.378 e. The highest BCUT2D eigenvalue weighted by molar-refractivity contribution is 5.44. The summed E-state index contributed by atoms with van der Waals surface area (Å²) in [6, 6.07) is 9.19. The van der Waals surface area contributed by atoms with Crippen LogP contribution in [0.15, 0.2) is 59.8 Å². The molecule has 1 aromatic rings. The van der Waals surface area contributed by atoms with Crippen molar-refractivity contribution in [3.8, 4) is 0 Å². The van der Waals surface area contributed by atoms with E-state index in [2.05, 4.69) is 76.0 Å². The maximum absolute atomic E-state index is 4.26. The lowest BCUT2D eigenvalue weighted by Crippen LogP contribution is -2.26. The molecule has 0 saturated carbocycles. The zero-order chi connectivity index (χ0) is 15.4. The van der Waals surface area contributed by atoms with E-state index < -0.39 is 0 Å². The molecule has 1 nitrogen and oxygen atoms in total. The van der Waals surface area contributed by atoms with Crippen molar-refractivity contribution in [3.05, 3.63) is 71.0 Å². The molecule has 2 atom stereocenters. The molecule has 0 radical (unpaired) electrons. The van der Waals surface area contributed by atoms with Crippen LogP contribution < -0.4 is 5.32 Å². The Kier molecular flexibility index (Phi) is 5.06. The van der Waals surface area contributed by atoms with Gasteiger partial charge in [-0.1, -0.05) is 49.9 Å². The largest absolute Gasteiger partial charge is 0.378 e. The molecule has 0 amide bonds. The summed E-state index contributed by atoms with van der Waals surface area (Å²) in [5.74, 6) is 0.658. The lowest BCUT2D eigenvalue weighted by atomic mass is 9.81. The van der Waals surface area contributed by atoms with Gasteiger partial charge < -0.3 is 5.32 Å². The molecule has 2 rings (SSSR count). The third kappa shape index (κ3) is 3.29. The Morgan fingerprint density at radius 1 is 1.14 bits per heavy atom. The van der Waals surface area contributed by atoms with E-state index in [4.69, 9.17) is 0 Å². The van der Waals surface area contributed by atoms with Crippen LogP contribution in [0.25, 0.3) is 0 Å². The Balaban J connectivity index is 2.22. The SMILES string of the molecule is C=C(NC1CCC(C)c2ccccc21)C(=C/C)/C(C)=C\C. The Morgan fingerprint density at radius 3 is 2.43 bits per heavy atom. The van der Waals surface area contributed by atoms with Gasteiger partial charge in [-0.2, -0.15) is 0 Å². The first-order valence-electron chi connectivity index (χ1n) is 7.92. The average Bonchev–Trinajstić information content (AvgIpc) is 2.51. The fourth-order valence-electron chi connectivity index (χ4n) is 3.24. The summed E-state index contributed by atoms with van der Waals surface area (Å²) in [5, 5.41) is 3.66. The zero-order valence-electron chi connectivity index (χ0n) is 13.7. The molecule has 1 aliphatic rings. The number of fused-ring (bicyclic) bond motifs is 1. The van der Waals surface area contributed by atoms with Crippen LogP contribution in [0, 0.1) is 0 Å². The van der Waals surface area contributed by atoms with Gasteiger partial charge >= 0.3 is 0 Å². The number of hydrogen-bond acceptors (Lipinski definition) is 1. The summed E-state index contributed by atoms with van der Waals surface area (Å²) in [7, 11) is 0. The average molecular weight is 281 g/mol. The van der Waals surface area contributed by atoms with E-state index in [9.17, 15) is 0 Å². The van der Waals surface area contributed by atoms with Crippen molar-refractivity contribution in [3.63, 3.8) is 0 Å². The van der Waals surface area contributed by atoms with Crippen LogP contribution in [0.4, 0.5) is 0 Å². The van der Waals surface area contributed by atoms with E-state index in [1.165, 1.54) is 35.1 Å². The molecule has 1 N–H and O–H groups in total. The van der Waals surface area contributed by atoms with Gasteiger partial charge in [-0.15, -0.1) is 0 Å². The summed E-state index contributed by atoms with van der Waals surface area (Å²) in [4.78, 5) is 0. The van der Waals surface area contributed by atoms with E-state index in [0.717, 1.165) is 5.70 Å². The molecule has 1 heteroatoms. The second kappa shape index (κ2) is 6.80. The molecule has 0 aromatic heterocycles. The van der Waals surface area contributed by atoms with Gasteiger partial charge in [0.1, 0.15) is 0 Å². The molecule has 0 heterocycles. The highest BCUT2D eigenvalue weighted by atomic mass is 14.9. The summed E-state index contributed by atoms with van der Waals surface area (Å²) in [6.07, 6.45) is 6.68. The topological polar surface area (TPSA) is 12.0 Å². The van der Waals surface area contributed by atoms with Crippen molar-refractivity contribution in [2.45, 2.75) is 52.5 Å². The van der Waals surface area contributed by atoms with Crippen molar-refractivity contribution < 1.29 is 0 Å².